The largest absolute Gasteiger partial charge is 0.382 e. The van der Waals surface area contributed by atoms with E-state index in [-0.39, 0.29) is 6.03 Å². The number of nitrogens with one attached hydrogen (secondary N) is 2. The Kier molecular flexibility index (Phi) is 6.46. The predicted octanol–water partition coefficient (Wildman–Crippen LogP) is 3.52. The highest BCUT2D eigenvalue weighted by molar-refractivity contribution is 5.88. The minimum absolute atomic E-state index is 0.306. The molecule has 0 unspecified atom stereocenters. The number of carbonyl (C=O) groups excluding carboxylic acids is 1. The predicted molar refractivity (Wildman–Crippen MR) is 139 cm³/mol. The topological polar surface area (TPSA) is 152 Å². The van der Waals surface area contributed by atoms with Gasteiger partial charge in [-0.3, -0.25) is 4.98 Å². The SMILES string of the molecule is Cc1ccc(-n2nc(CCCNC(=O)Nc3cnn(-c4cnc5ccccc5n4)c3)c(C#N)c2N)cc1. The van der Waals surface area contributed by atoms with Gasteiger partial charge in [-0.15, -0.1) is 0 Å². The lowest BCUT2D eigenvalue weighted by atomic mass is 10.1. The highest BCUT2D eigenvalue weighted by atomic mass is 16.2. The van der Waals surface area contributed by atoms with Crippen molar-refractivity contribution >= 4 is 28.6 Å². The summed E-state index contributed by atoms with van der Waals surface area (Å²) in [6.07, 6.45) is 5.90. The number of nitrogen functional groups attached to an aromatic ring is 1. The summed E-state index contributed by atoms with van der Waals surface area (Å²) in [6.45, 7) is 2.38. The Morgan fingerprint density at radius 1 is 1.11 bits per heavy atom. The van der Waals surface area contributed by atoms with Crippen molar-refractivity contribution in [2.24, 2.45) is 0 Å². The fourth-order valence-electron chi connectivity index (χ4n) is 3.86. The number of hydrogen-bond donors (Lipinski definition) is 3. The molecule has 0 saturated carbocycles. The lowest BCUT2D eigenvalue weighted by Gasteiger charge is -2.05. The summed E-state index contributed by atoms with van der Waals surface area (Å²) in [6, 6.07) is 17.1. The zero-order valence-electron chi connectivity index (χ0n) is 20.1. The number of rotatable bonds is 7. The van der Waals surface area contributed by atoms with Gasteiger partial charge in [-0.2, -0.15) is 15.5 Å². The van der Waals surface area contributed by atoms with Gasteiger partial charge < -0.3 is 16.4 Å². The van der Waals surface area contributed by atoms with E-state index in [1.165, 1.54) is 6.20 Å². The number of hydrogen-bond acceptors (Lipinski definition) is 7. The van der Waals surface area contributed by atoms with Crippen molar-refractivity contribution in [2.75, 3.05) is 17.6 Å². The number of benzene rings is 2. The Morgan fingerprint density at radius 3 is 2.68 bits per heavy atom. The average Bonchev–Trinajstić information content (AvgIpc) is 3.50. The van der Waals surface area contributed by atoms with Crippen LogP contribution >= 0.6 is 0 Å². The zero-order valence-corrected chi connectivity index (χ0v) is 20.1. The third-order valence-electron chi connectivity index (χ3n) is 5.77. The van der Waals surface area contributed by atoms with E-state index >= 15 is 0 Å². The maximum absolute atomic E-state index is 12.4. The molecule has 184 valence electrons. The standard InChI is InChI=1S/C26H24N10O/c1-17-8-10-19(11-9-17)36-25(28)20(13-27)21(34-36)7-4-12-29-26(37)32-18-14-31-35(16-18)24-15-30-22-5-2-3-6-23(22)33-24/h2-3,5-6,8-11,14-16H,4,7,12,28H2,1H3,(H2,29,32,37). The number of aromatic nitrogens is 6. The van der Waals surface area contributed by atoms with E-state index in [1.54, 1.807) is 21.8 Å². The molecular formula is C26H24N10O. The van der Waals surface area contributed by atoms with Crippen LogP contribution in [-0.4, -0.2) is 42.1 Å². The van der Waals surface area contributed by atoms with E-state index in [9.17, 15) is 10.1 Å². The Balaban J connectivity index is 1.15. The average molecular weight is 493 g/mol. The van der Waals surface area contributed by atoms with Gasteiger partial charge in [0, 0.05) is 6.54 Å². The molecule has 0 aliphatic heterocycles. The van der Waals surface area contributed by atoms with Gasteiger partial charge in [0.1, 0.15) is 17.5 Å². The second kappa shape index (κ2) is 10.2. The fraction of sp³-hybridized carbons (Fsp3) is 0.154. The first-order valence-electron chi connectivity index (χ1n) is 11.7. The minimum Gasteiger partial charge on any atom is -0.382 e. The molecule has 0 radical (unpaired) electrons. The summed E-state index contributed by atoms with van der Waals surface area (Å²) >= 11 is 0. The second-order valence-electron chi connectivity index (χ2n) is 8.44. The molecule has 2 aromatic carbocycles. The van der Waals surface area contributed by atoms with Crippen LogP contribution in [0.1, 0.15) is 23.2 Å². The monoisotopic (exact) mass is 492 g/mol. The number of urea groups is 1. The number of anilines is 2. The molecule has 11 heteroatoms. The van der Waals surface area contributed by atoms with Crippen LogP contribution in [0, 0.1) is 18.3 Å². The summed E-state index contributed by atoms with van der Waals surface area (Å²) < 4.78 is 3.12. The van der Waals surface area contributed by atoms with Crippen LogP contribution in [0.2, 0.25) is 0 Å². The lowest BCUT2D eigenvalue weighted by Crippen LogP contribution is -2.29. The first-order valence-corrected chi connectivity index (χ1v) is 11.7. The molecule has 37 heavy (non-hydrogen) atoms. The van der Waals surface area contributed by atoms with Gasteiger partial charge in [-0.05, 0) is 44.0 Å². The molecule has 3 aromatic heterocycles. The van der Waals surface area contributed by atoms with Crippen LogP contribution < -0.4 is 16.4 Å². The van der Waals surface area contributed by atoms with Gasteiger partial charge in [-0.25, -0.2) is 19.1 Å². The molecule has 3 heterocycles. The molecule has 0 bridgehead atoms. The molecule has 0 fully saturated rings. The maximum Gasteiger partial charge on any atom is 0.319 e. The molecule has 5 aromatic rings. The van der Waals surface area contributed by atoms with Gasteiger partial charge in [-0.1, -0.05) is 29.8 Å². The Labute approximate surface area is 212 Å². The summed E-state index contributed by atoms with van der Waals surface area (Å²) in [7, 11) is 0. The summed E-state index contributed by atoms with van der Waals surface area (Å²) in [4.78, 5) is 21.3. The van der Waals surface area contributed by atoms with Gasteiger partial charge >= 0.3 is 6.03 Å². The number of carbonyl (C=O) groups is 1. The summed E-state index contributed by atoms with van der Waals surface area (Å²) in [5.74, 6) is 0.852. The number of nitrogens with zero attached hydrogens (tertiary/aromatic N) is 7. The van der Waals surface area contributed by atoms with Crippen molar-refractivity contribution in [1.29, 1.82) is 5.26 Å². The number of aryl methyl sites for hydroxylation is 2. The maximum atomic E-state index is 12.4. The molecule has 0 aliphatic rings. The number of para-hydroxylation sites is 2. The molecule has 0 atom stereocenters. The quantitative estimate of drug-likeness (QED) is 0.294. The van der Waals surface area contributed by atoms with Crippen molar-refractivity contribution in [3.8, 4) is 17.6 Å². The van der Waals surface area contributed by atoms with Gasteiger partial charge in [0.25, 0.3) is 0 Å². The highest BCUT2D eigenvalue weighted by Gasteiger charge is 2.16. The Bertz CT molecular complexity index is 1610. The van der Waals surface area contributed by atoms with Crippen LogP contribution in [0.3, 0.4) is 0 Å². The van der Waals surface area contributed by atoms with E-state index in [2.05, 4.69) is 36.9 Å². The molecule has 0 aliphatic carbocycles. The smallest absolute Gasteiger partial charge is 0.319 e. The van der Waals surface area contributed by atoms with Crippen LogP contribution in [0.15, 0.2) is 67.1 Å². The first-order chi connectivity index (χ1) is 18.0. The molecule has 4 N–H and O–H groups in total. The number of amides is 2. The van der Waals surface area contributed by atoms with E-state index in [0.717, 1.165) is 22.3 Å². The number of nitrogens with two attached hydrogens (primary N) is 1. The third kappa shape index (κ3) is 5.08. The zero-order chi connectivity index (χ0) is 25.8. The van der Waals surface area contributed by atoms with E-state index in [0.29, 0.717) is 48.0 Å². The van der Waals surface area contributed by atoms with Crippen molar-refractivity contribution in [2.45, 2.75) is 19.8 Å². The normalized spacial score (nSPS) is 10.8. The molecule has 2 amide bonds. The van der Waals surface area contributed by atoms with Gasteiger partial charge in [0.15, 0.2) is 5.82 Å². The second-order valence-corrected chi connectivity index (χ2v) is 8.44. The van der Waals surface area contributed by atoms with Gasteiger partial charge in [0.05, 0.1) is 46.7 Å². The van der Waals surface area contributed by atoms with Crippen LogP contribution in [0.4, 0.5) is 16.3 Å². The number of nitriles is 1. The Morgan fingerprint density at radius 2 is 1.89 bits per heavy atom. The summed E-state index contributed by atoms with van der Waals surface area (Å²) in [5.41, 5.74) is 11.1. The molecule has 0 saturated heterocycles. The van der Waals surface area contributed by atoms with Crippen molar-refractivity contribution < 1.29 is 4.79 Å². The number of fused-ring (bicyclic) bond motifs is 1. The Hall–Kier alpha value is -5.24. The fourth-order valence-corrected chi connectivity index (χ4v) is 3.86. The van der Waals surface area contributed by atoms with Crippen molar-refractivity contribution in [3.63, 3.8) is 0 Å². The van der Waals surface area contributed by atoms with Crippen molar-refractivity contribution in [1.82, 2.24) is 34.8 Å². The van der Waals surface area contributed by atoms with E-state index in [4.69, 9.17) is 5.73 Å². The van der Waals surface area contributed by atoms with Gasteiger partial charge in [0.2, 0.25) is 0 Å². The van der Waals surface area contributed by atoms with Crippen LogP contribution in [0.5, 0.6) is 0 Å². The molecule has 11 nitrogen and oxygen atoms in total. The van der Waals surface area contributed by atoms with Crippen molar-refractivity contribution in [3.05, 3.63) is 83.9 Å². The van der Waals surface area contributed by atoms with E-state index in [1.807, 2.05) is 55.5 Å². The highest BCUT2D eigenvalue weighted by Crippen LogP contribution is 2.22. The van der Waals surface area contributed by atoms with Crippen LogP contribution in [0.25, 0.3) is 22.5 Å². The lowest BCUT2D eigenvalue weighted by molar-refractivity contribution is 0.252. The molecule has 0 spiro atoms. The first kappa shape index (κ1) is 23.5. The summed E-state index contributed by atoms with van der Waals surface area (Å²) in [5, 5.41) is 23.9. The molecular weight excluding hydrogens is 468 g/mol. The van der Waals surface area contributed by atoms with E-state index < -0.39 is 0 Å². The minimum atomic E-state index is -0.366. The third-order valence-corrected chi connectivity index (χ3v) is 5.77. The van der Waals surface area contributed by atoms with Crippen LogP contribution in [-0.2, 0) is 6.42 Å². The molecule has 5 rings (SSSR count).